The minimum atomic E-state index is -4.23. The van der Waals surface area contributed by atoms with Gasteiger partial charge in [0.25, 0.3) is 10.0 Å². The van der Waals surface area contributed by atoms with Crippen LogP contribution in [0.3, 0.4) is 0 Å². The van der Waals surface area contributed by atoms with Crippen LogP contribution in [0.5, 0.6) is 5.75 Å². The molecule has 0 aliphatic carbocycles. The van der Waals surface area contributed by atoms with Gasteiger partial charge in [-0.25, -0.2) is 12.8 Å². The fourth-order valence-electron chi connectivity index (χ4n) is 4.65. The summed E-state index contributed by atoms with van der Waals surface area (Å²) < 4.78 is 49.3. The fourth-order valence-corrected chi connectivity index (χ4v) is 6.09. The molecule has 43 heavy (non-hydrogen) atoms. The van der Waals surface area contributed by atoms with E-state index in [0.717, 1.165) is 9.87 Å². The monoisotopic (exact) mass is 603 g/mol. The Kier molecular flexibility index (Phi) is 10.5. The number of carbonyl (C=O) groups is 2. The van der Waals surface area contributed by atoms with Crippen LogP contribution in [0.2, 0.25) is 0 Å². The van der Waals surface area contributed by atoms with Gasteiger partial charge in [-0.1, -0.05) is 66.7 Å². The maximum absolute atomic E-state index is 14.9. The fraction of sp³-hybridized carbons (Fsp3) is 0.212. The molecule has 0 saturated carbocycles. The number of halogens is 1. The summed E-state index contributed by atoms with van der Waals surface area (Å²) in [5.41, 5.74) is 1.20. The number of ether oxygens (including phenoxy) is 1. The Balaban J connectivity index is 1.78. The summed E-state index contributed by atoms with van der Waals surface area (Å²) in [4.78, 5) is 28.7. The lowest BCUT2D eigenvalue weighted by molar-refractivity contribution is -0.139. The summed E-state index contributed by atoms with van der Waals surface area (Å²) in [6.45, 7) is 1.37. The zero-order valence-electron chi connectivity index (χ0n) is 24.0. The van der Waals surface area contributed by atoms with Gasteiger partial charge in [-0.15, -0.1) is 0 Å². The van der Waals surface area contributed by atoms with E-state index < -0.39 is 40.2 Å². The summed E-state index contributed by atoms with van der Waals surface area (Å²) in [5, 5.41) is 2.61. The van der Waals surface area contributed by atoms with Gasteiger partial charge >= 0.3 is 0 Å². The Labute approximate surface area is 251 Å². The molecular formula is C33H34FN3O5S. The predicted molar refractivity (Wildman–Crippen MR) is 164 cm³/mol. The maximum atomic E-state index is 14.9. The van der Waals surface area contributed by atoms with Gasteiger partial charge in [-0.3, -0.25) is 13.9 Å². The number of sulfonamides is 1. The van der Waals surface area contributed by atoms with Crippen molar-refractivity contribution in [3.05, 3.63) is 126 Å². The number of anilines is 1. The molecule has 0 aliphatic heterocycles. The molecule has 0 aromatic heterocycles. The molecule has 0 spiro atoms. The summed E-state index contributed by atoms with van der Waals surface area (Å²) >= 11 is 0. The molecule has 1 atom stereocenters. The van der Waals surface area contributed by atoms with Gasteiger partial charge in [-0.05, 0) is 55.0 Å². The Hall–Kier alpha value is -4.70. The average Bonchev–Trinajstić information content (AvgIpc) is 3.03. The number of rotatable bonds is 13. The topological polar surface area (TPSA) is 96.0 Å². The molecule has 8 nitrogen and oxygen atoms in total. The lowest BCUT2D eigenvalue weighted by Gasteiger charge is -2.33. The van der Waals surface area contributed by atoms with Gasteiger partial charge in [-0.2, -0.15) is 0 Å². The molecule has 0 heterocycles. The van der Waals surface area contributed by atoms with E-state index in [1.807, 2.05) is 37.3 Å². The van der Waals surface area contributed by atoms with E-state index in [4.69, 9.17) is 4.74 Å². The van der Waals surface area contributed by atoms with Gasteiger partial charge in [0, 0.05) is 25.6 Å². The Bertz CT molecular complexity index is 1620. The van der Waals surface area contributed by atoms with Gasteiger partial charge in [0.1, 0.15) is 24.2 Å². The van der Waals surface area contributed by atoms with Crippen LogP contribution in [0.25, 0.3) is 0 Å². The minimum absolute atomic E-state index is 0.00975. The van der Waals surface area contributed by atoms with Crippen molar-refractivity contribution in [2.75, 3.05) is 24.5 Å². The first-order valence-electron chi connectivity index (χ1n) is 13.8. The van der Waals surface area contributed by atoms with Gasteiger partial charge in [0.15, 0.2) is 0 Å². The SMILES string of the molecule is CCOc1ccc(N(CC(=O)N(Cc2ccccc2F)[C@@H](Cc2ccccc2)C(=O)NC)S(=O)(=O)c2ccccc2)cc1. The van der Waals surface area contributed by atoms with Crippen molar-refractivity contribution in [1.82, 2.24) is 10.2 Å². The van der Waals surface area contributed by atoms with Crippen molar-refractivity contribution in [2.45, 2.75) is 30.8 Å². The predicted octanol–water partition coefficient (Wildman–Crippen LogP) is 4.81. The van der Waals surface area contributed by atoms with Crippen molar-refractivity contribution in [2.24, 2.45) is 0 Å². The number of hydrogen-bond acceptors (Lipinski definition) is 5. The van der Waals surface area contributed by atoms with Crippen molar-refractivity contribution in [1.29, 1.82) is 0 Å². The van der Waals surface area contributed by atoms with E-state index in [-0.39, 0.29) is 29.1 Å². The van der Waals surface area contributed by atoms with E-state index in [1.165, 1.54) is 42.3 Å². The van der Waals surface area contributed by atoms with E-state index in [0.29, 0.717) is 12.4 Å². The van der Waals surface area contributed by atoms with Crippen LogP contribution in [-0.4, -0.2) is 51.4 Å². The third-order valence-corrected chi connectivity index (χ3v) is 8.65. The zero-order valence-corrected chi connectivity index (χ0v) is 24.8. The van der Waals surface area contributed by atoms with Crippen LogP contribution < -0.4 is 14.4 Å². The minimum Gasteiger partial charge on any atom is -0.494 e. The molecule has 0 fully saturated rings. The molecule has 10 heteroatoms. The largest absolute Gasteiger partial charge is 0.494 e. The summed E-state index contributed by atoms with van der Waals surface area (Å²) in [7, 11) is -2.77. The van der Waals surface area contributed by atoms with Crippen LogP contribution in [0.15, 0.2) is 114 Å². The smallest absolute Gasteiger partial charge is 0.264 e. The number of carbonyl (C=O) groups excluding carboxylic acids is 2. The first-order chi connectivity index (χ1) is 20.7. The van der Waals surface area contributed by atoms with Crippen molar-refractivity contribution in [3.63, 3.8) is 0 Å². The summed E-state index contributed by atoms with van der Waals surface area (Å²) in [6, 6.07) is 28.2. The molecule has 4 aromatic carbocycles. The van der Waals surface area contributed by atoms with Crippen LogP contribution >= 0.6 is 0 Å². The highest BCUT2D eigenvalue weighted by Gasteiger charge is 2.34. The molecule has 2 amide bonds. The number of nitrogens with one attached hydrogen (secondary N) is 1. The lowest BCUT2D eigenvalue weighted by Crippen LogP contribution is -2.53. The first-order valence-corrected chi connectivity index (χ1v) is 15.3. The second-order valence-electron chi connectivity index (χ2n) is 9.68. The Morgan fingerprint density at radius 2 is 1.47 bits per heavy atom. The van der Waals surface area contributed by atoms with Crippen molar-refractivity contribution < 1.29 is 27.1 Å². The third kappa shape index (κ3) is 7.78. The highest BCUT2D eigenvalue weighted by molar-refractivity contribution is 7.92. The Morgan fingerprint density at radius 1 is 0.860 bits per heavy atom. The highest BCUT2D eigenvalue weighted by Crippen LogP contribution is 2.27. The second kappa shape index (κ2) is 14.5. The Morgan fingerprint density at radius 3 is 2.07 bits per heavy atom. The molecule has 0 radical (unpaired) electrons. The highest BCUT2D eigenvalue weighted by atomic mass is 32.2. The molecule has 4 aromatic rings. The maximum Gasteiger partial charge on any atom is 0.264 e. The van der Waals surface area contributed by atoms with E-state index in [9.17, 15) is 22.4 Å². The number of benzene rings is 4. The molecule has 0 aliphatic rings. The molecule has 0 saturated heterocycles. The van der Waals surface area contributed by atoms with E-state index in [1.54, 1.807) is 48.5 Å². The van der Waals surface area contributed by atoms with Crippen LogP contribution in [0.1, 0.15) is 18.1 Å². The number of hydrogen-bond donors (Lipinski definition) is 1. The normalized spacial score (nSPS) is 11.8. The number of nitrogens with zero attached hydrogens (tertiary/aromatic N) is 2. The molecule has 0 bridgehead atoms. The molecule has 0 unspecified atom stereocenters. The van der Waals surface area contributed by atoms with Crippen LogP contribution in [0, 0.1) is 5.82 Å². The number of amides is 2. The standard InChI is InChI=1S/C33H34FN3O5S/c1-3-42-28-20-18-27(19-21-28)37(43(40,41)29-15-8-5-9-16-29)24-32(38)36(23-26-14-10-11-17-30(26)34)31(33(39)35-2)22-25-12-6-4-7-13-25/h4-21,31H,3,22-24H2,1-2H3,(H,35,39)/t31-/m0/s1. The van der Waals surface area contributed by atoms with Crippen LogP contribution in [-0.2, 0) is 32.6 Å². The zero-order chi connectivity index (χ0) is 30.8. The quantitative estimate of drug-likeness (QED) is 0.237. The van der Waals surface area contributed by atoms with Gasteiger partial charge in [0.05, 0.1) is 17.2 Å². The van der Waals surface area contributed by atoms with E-state index in [2.05, 4.69) is 5.32 Å². The summed E-state index contributed by atoms with van der Waals surface area (Å²) in [5.74, 6) is -1.15. The first kappa shape index (κ1) is 31.2. The van der Waals surface area contributed by atoms with Crippen LogP contribution in [0.4, 0.5) is 10.1 Å². The van der Waals surface area contributed by atoms with Crippen molar-refractivity contribution >= 4 is 27.5 Å². The van der Waals surface area contributed by atoms with E-state index >= 15 is 0 Å². The van der Waals surface area contributed by atoms with Crippen molar-refractivity contribution in [3.8, 4) is 5.75 Å². The summed E-state index contributed by atoms with van der Waals surface area (Å²) in [6.07, 6.45) is 0.134. The second-order valence-corrected chi connectivity index (χ2v) is 11.5. The molecule has 4 rings (SSSR count). The molecular weight excluding hydrogens is 569 g/mol. The lowest BCUT2D eigenvalue weighted by atomic mass is 10.0. The van der Waals surface area contributed by atoms with Gasteiger partial charge < -0.3 is 15.0 Å². The van der Waals surface area contributed by atoms with Gasteiger partial charge in [0.2, 0.25) is 11.8 Å². The molecule has 1 N–H and O–H groups in total. The third-order valence-electron chi connectivity index (χ3n) is 6.86. The number of likely N-dealkylation sites (N-methyl/N-ethyl adjacent to an activating group) is 1. The average molecular weight is 604 g/mol. The molecule has 224 valence electrons.